The lowest BCUT2D eigenvalue weighted by Crippen LogP contribution is -2.08. The van der Waals surface area contributed by atoms with E-state index in [9.17, 15) is 4.21 Å². The predicted molar refractivity (Wildman–Crippen MR) is 76.5 cm³/mol. The number of aryl methyl sites for hydroxylation is 1. The summed E-state index contributed by atoms with van der Waals surface area (Å²) in [5, 5.41) is 0. The normalized spacial score (nSPS) is 14.3. The molecule has 17 heavy (non-hydrogen) atoms. The number of nitrogens with one attached hydrogen (secondary N) is 1. The molecule has 2 unspecified atom stereocenters. The van der Waals surface area contributed by atoms with E-state index < -0.39 is 11.0 Å². The standard InChI is InChI=1S/C14H23NOS/c1-4-12(3)10-11-13-8-6-7-9-14(13)15-17(16)5-2/h6-9,12,15H,4-5,10-11H2,1-3H3. The van der Waals surface area contributed by atoms with E-state index in [0.717, 1.165) is 18.0 Å². The molecule has 0 aliphatic carbocycles. The van der Waals surface area contributed by atoms with Crippen LogP contribution < -0.4 is 4.72 Å². The molecule has 3 heteroatoms. The maximum absolute atomic E-state index is 11.5. The molecule has 2 atom stereocenters. The molecule has 0 aromatic heterocycles. The lowest BCUT2D eigenvalue weighted by Gasteiger charge is -2.13. The van der Waals surface area contributed by atoms with Crippen LogP contribution in [0.15, 0.2) is 24.3 Å². The first-order valence-electron chi connectivity index (χ1n) is 6.40. The Labute approximate surface area is 107 Å². The van der Waals surface area contributed by atoms with Crippen molar-refractivity contribution in [3.63, 3.8) is 0 Å². The summed E-state index contributed by atoms with van der Waals surface area (Å²) in [4.78, 5) is 0. The molecule has 96 valence electrons. The molecule has 0 amide bonds. The molecule has 0 spiro atoms. The van der Waals surface area contributed by atoms with E-state index >= 15 is 0 Å². The first-order chi connectivity index (χ1) is 8.17. The first kappa shape index (κ1) is 14.2. The third-order valence-electron chi connectivity index (χ3n) is 3.11. The zero-order valence-electron chi connectivity index (χ0n) is 11.0. The Bertz CT molecular complexity index is 365. The minimum atomic E-state index is -0.954. The number of hydrogen-bond donors (Lipinski definition) is 1. The SMILES string of the molecule is CCC(C)CCc1ccccc1NS(=O)CC. The van der Waals surface area contributed by atoms with Crippen molar-refractivity contribution < 1.29 is 4.21 Å². The van der Waals surface area contributed by atoms with Gasteiger partial charge in [-0.15, -0.1) is 0 Å². The van der Waals surface area contributed by atoms with Gasteiger partial charge in [-0.25, -0.2) is 4.21 Å². The van der Waals surface area contributed by atoms with Gasteiger partial charge in [0.15, 0.2) is 0 Å². The van der Waals surface area contributed by atoms with E-state index in [1.54, 1.807) is 0 Å². The lowest BCUT2D eigenvalue weighted by molar-refractivity contribution is 0.517. The van der Waals surface area contributed by atoms with Gasteiger partial charge in [-0.05, 0) is 30.4 Å². The van der Waals surface area contributed by atoms with Crippen LogP contribution in [0.3, 0.4) is 0 Å². The van der Waals surface area contributed by atoms with Crippen molar-refractivity contribution in [2.45, 2.75) is 40.0 Å². The summed E-state index contributed by atoms with van der Waals surface area (Å²) >= 11 is 0. The molecular formula is C14H23NOS. The maximum atomic E-state index is 11.5. The third kappa shape index (κ3) is 4.90. The van der Waals surface area contributed by atoms with Crippen LogP contribution in [-0.2, 0) is 17.4 Å². The number of benzene rings is 1. The number of anilines is 1. The second-order valence-electron chi connectivity index (χ2n) is 4.45. The van der Waals surface area contributed by atoms with Gasteiger partial charge in [0, 0.05) is 11.4 Å². The van der Waals surface area contributed by atoms with Gasteiger partial charge in [0.1, 0.15) is 11.0 Å². The van der Waals surface area contributed by atoms with Crippen molar-refractivity contribution in [3.8, 4) is 0 Å². The Hall–Kier alpha value is -0.830. The molecule has 0 saturated carbocycles. The van der Waals surface area contributed by atoms with Gasteiger partial charge in [-0.1, -0.05) is 45.4 Å². The van der Waals surface area contributed by atoms with Gasteiger partial charge in [0.05, 0.1) is 0 Å². The van der Waals surface area contributed by atoms with Gasteiger partial charge >= 0.3 is 0 Å². The zero-order valence-corrected chi connectivity index (χ0v) is 11.8. The highest BCUT2D eigenvalue weighted by atomic mass is 32.2. The molecule has 0 aliphatic rings. The molecule has 0 fully saturated rings. The largest absolute Gasteiger partial charge is 0.305 e. The molecular weight excluding hydrogens is 230 g/mol. The molecule has 1 aromatic rings. The van der Waals surface area contributed by atoms with E-state index in [0.29, 0.717) is 5.75 Å². The summed E-state index contributed by atoms with van der Waals surface area (Å²) in [6.07, 6.45) is 3.46. The summed E-state index contributed by atoms with van der Waals surface area (Å²) in [6.45, 7) is 6.42. The van der Waals surface area contributed by atoms with Crippen LogP contribution in [0.4, 0.5) is 5.69 Å². The third-order valence-corrected chi connectivity index (χ3v) is 4.08. The molecule has 1 aromatic carbocycles. The van der Waals surface area contributed by atoms with E-state index in [4.69, 9.17) is 0 Å². The van der Waals surface area contributed by atoms with Crippen LogP contribution in [0.1, 0.15) is 39.2 Å². The van der Waals surface area contributed by atoms with Gasteiger partial charge in [-0.3, -0.25) is 0 Å². The Morgan fingerprint density at radius 2 is 2.00 bits per heavy atom. The molecule has 0 saturated heterocycles. The maximum Gasteiger partial charge on any atom is 0.116 e. The second kappa shape index (κ2) is 7.49. The molecule has 0 aliphatic heterocycles. The monoisotopic (exact) mass is 253 g/mol. The van der Waals surface area contributed by atoms with Gasteiger partial charge in [0.25, 0.3) is 0 Å². The fraction of sp³-hybridized carbons (Fsp3) is 0.571. The quantitative estimate of drug-likeness (QED) is 0.787. The second-order valence-corrected chi connectivity index (χ2v) is 5.92. The molecule has 0 heterocycles. The van der Waals surface area contributed by atoms with Crippen LogP contribution in [0, 0.1) is 5.92 Å². The van der Waals surface area contributed by atoms with Crippen LogP contribution >= 0.6 is 0 Å². The summed E-state index contributed by atoms with van der Waals surface area (Å²) < 4.78 is 14.6. The zero-order chi connectivity index (χ0) is 12.7. The van der Waals surface area contributed by atoms with Crippen molar-refractivity contribution in [3.05, 3.63) is 29.8 Å². The number of para-hydroxylation sites is 1. The van der Waals surface area contributed by atoms with E-state index in [2.05, 4.69) is 24.6 Å². The Kier molecular flexibility index (Phi) is 6.27. The molecule has 0 radical (unpaired) electrons. The molecule has 0 bridgehead atoms. The smallest absolute Gasteiger partial charge is 0.116 e. The highest BCUT2D eigenvalue weighted by Crippen LogP contribution is 2.20. The van der Waals surface area contributed by atoms with Crippen LogP contribution in [-0.4, -0.2) is 9.96 Å². The van der Waals surface area contributed by atoms with Crippen molar-refractivity contribution in [1.29, 1.82) is 0 Å². The van der Waals surface area contributed by atoms with Crippen LogP contribution in [0.25, 0.3) is 0 Å². The minimum absolute atomic E-state index is 0.639. The van der Waals surface area contributed by atoms with Crippen molar-refractivity contribution in [1.82, 2.24) is 0 Å². The highest BCUT2D eigenvalue weighted by molar-refractivity contribution is 7.86. The summed E-state index contributed by atoms with van der Waals surface area (Å²) in [5.74, 6) is 1.39. The lowest BCUT2D eigenvalue weighted by atomic mass is 9.98. The predicted octanol–water partition coefficient (Wildman–Crippen LogP) is 3.76. The van der Waals surface area contributed by atoms with Crippen LogP contribution in [0.5, 0.6) is 0 Å². The molecule has 2 nitrogen and oxygen atoms in total. The first-order valence-corrected chi connectivity index (χ1v) is 7.72. The average molecular weight is 253 g/mol. The highest BCUT2D eigenvalue weighted by Gasteiger charge is 2.06. The average Bonchev–Trinajstić information content (AvgIpc) is 2.37. The molecule has 1 N–H and O–H groups in total. The topological polar surface area (TPSA) is 29.1 Å². The Morgan fingerprint density at radius 1 is 1.29 bits per heavy atom. The van der Waals surface area contributed by atoms with E-state index in [1.807, 2.05) is 25.1 Å². The van der Waals surface area contributed by atoms with E-state index in [-0.39, 0.29) is 0 Å². The van der Waals surface area contributed by atoms with E-state index in [1.165, 1.54) is 18.4 Å². The molecule has 1 rings (SSSR count). The van der Waals surface area contributed by atoms with Crippen LogP contribution in [0.2, 0.25) is 0 Å². The summed E-state index contributed by atoms with van der Waals surface area (Å²) in [6, 6.07) is 8.17. The minimum Gasteiger partial charge on any atom is -0.305 e. The summed E-state index contributed by atoms with van der Waals surface area (Å²) in [7, 11) is -0.954. The van der Waals surface area contributed by atoms with Crippen molar-refractivity contribution in [2.75, 3.05) is 10.5 Å². The number of hydrogen-bond acceptors (Lipinski definition) is 1. The van der Waals surface area contributed by atoms with Crippen molar-refractivity contribution >= 4 is 16.7 Å². The van der Waals surface area contributed by atoms with Gasteiger partial charge in [-0.2, -0.15) is 0 Å². The fourth-order valence-electron chi connectivity index (χ4n) is 1.64. The summed E-state index contributed by atoms with van der Waals surface area (Å²) in [5.41, 5.74) is 2.30. The number of rotatable bonds is 7. The van der Waals surface area contributed by atoms with Gasteiger partial charge < -0.3 is 4.72 Å². The fourth-order valence-corrected chi connectivity index (χ4v) is 2.23. The Morgan fingerprint density at radius 3 is 2.65 bits per heavy atom. The van der Waals surface area contributed by atoms with Crippen molar-refractivity contribution in [2.24, 2.45) is 5.92 Å². The Balaban J connectivity index is 2.67. The van der Waals surface area contributed by atoms with Gasteiger partial charge in [0.2, 0.25) is 0 Å².